The van der Waals surface area contributed by atoms with Crippen molar-refractivity contribution in [1.82, 2.24) is 9.78 Å². The van der Waals surface area contributed by atoms with Gasteiger partial charge < -0.3 is 10.1 Å². The summed E-state index contributed by atoms with van der Waals surface area (Å²) in [6.07, 6.45) is 0. The SMILES string of the molecule is COc1ccccc1-n1nc(C(=O)Nc2ccc(C)c(F)c2)c2ccccc2c1=O. The van der Waals surface area contributed by atoms with Gasteiger partial charge in [0.2, 0.25) is 0 Å². The molecular weight excluding hydrogens is 385 g/mol. The molecule has 0 saturated heterocycles. The average molecular weight is 403 g/mol. The summed E-state index contributed by atoms with van der Waals surface area (Å²) in [7, 11) is 1.49. The zero-order valence-electron chi connectivity index (χ0n) is 16.3. The third-order valence-corrected chi connectivity index (χ3v) is 4.76. The number of amides is 1. The quantitative estimate of drug-likeness (QED) is 0.557. The fourth-order valence-electron chi connectivity index (χ4n) is 3.19. The van der Waals surface area contributed by atoms with Gasteiger partial charge in [0.25, 0.3) is 11.5 Å². The van der Waals surface area contributed by atoms with E-state index in [1.807, 2.05) is 0 Å². The second-order valence-electron chi connectivity index (χ2n) is 6.70. The van der Waals surface area contributed by atoms with E-state index in [1.54, 1.807) is 67.6 Å². The number of para-hydroxylation sites is 2. The van der Waals surface area contributed by atoms with Crippen LogP contribution in [0.1, 0.15) is 16.1 Å². The molecule has 0 atom stereocenters. The predicted molar refractivity (Wildman–Crippen MR) is 113 cm³/mol. The molecule has 1 aromatic heterocycles. The largest absolute Gasteiger partial charge is 0.494 e. The van der Waals surface area contributed by atoms with Gasteiger partial charge in [0.15, 0.2) is 5.69 Å². The molecule has 0 saturated carbocycles. The molecule has 3 aromatic carbocycles. The molecule has 0 aliphatic carbocycles. The number of aromatic nitrogens is 2. The van der Waals surface area contributed by atoms with E-state index >= 15 is 0 Å². The molecule has 0 radical (unpaired) electrons. The Morgan fingerprint density at radius 3 is 2.47 bits per heavy atom. The van der Waals surface area contributed by atoms with Crippen LogP contribution in [0.3, 0.4) is 0 Å². The van der Waals surface area contributed by atoms with E-state index in [4.69, 9.17) is 4.74 Å². The highest BCUT2D eigenvalue weighted by molar-refractivity contribution is 6.11. The summed E-state index contributed by atoms with van der Waals surface area (Å²) in [5.41, 5.74) is 0.835. The summed E-state index contributed by atoms with van der Waals surface area (Å²) in [6.45, 7) is 1.64. The van der Waals surface area contributed by atoms with Crippen molar-refractivity contribution in [2.24, 2.45) is 0 Å². The smallest absolute Gasteiger partial charge is 0.279 e. The summed E-state index contributed by atoms with van der Waals surface area (Å²) >= 11 is 0. The normalized spacial score (nSPS) is 10.8. The maximum atomic E-state index is 13.9. The van der Waals surface area contributed by atoms with Gasteiger partial charge in [-0.05, 0) is 42.8 Å². The Balaban J connectivity index is 1.89. The van der Waals surface area contributed by atoms with Crippen LogP contribution in [0.4, 0.5) is 10.1 Å². The number of benzene rings is 3. The molecule has 4 aromatic rings. The van der Waals surface area contributed by atoms with Crippen molar-refractivity contribution in [3.63, 3.8) is 0 Å². The maximum absolute atomic E-state index is 13.9. The lowest BCUT2D eigenvalue weighted by molar-refractivity contribution is 0.102. The van der Waals surface area contributed by atoms with E-state index in [-0.39, 0.29) is 11.3 Å². The molecule has 0 spiro atoms. The Kier molecular flexibility index (Phi) is 5.02. The van der Waals surface area contributed by atoms with E-state index in [1.165, 1.54) is 13.2 Å². The van der Waals surface area contributed by atoms with Gasteiger partial charge in [-0.25, -0.2) is 4.39 Å². The van der Waals surface area contributed by atoms with Gasteiger partial charge in [-0.2, -0.15) is 9.78 Å². The highest BCUT2D eigenvalue weighted by atomic mass is 19.1. The number of nitrogens with one attached hydrogen (secondary N) is 1. The highest BCUT2D eigenvalue weighted by Gasteiger charge is 2.19. The predicted octanol–water partition coefficient (Wildman–Crippen LogP) is 4.09. The Morgan fingerprint density at radius 2 is 1.73 bits per heavy atom. The fraction of sp³-hybridized carbons (Fsp3) is 0.0870. The minimum absolute atomic E-state index is 0.0390. The number of nitrogens with zero attached hydrogens (tertiary/aromatic N) is 2. The Hall–Kier alpha value is -4.00. The van der Waals surface area contributed by atoms with Crippen LogP contribution in [0.15, 0.2) is 71.5 Å². The number of rotatable bonds is 4. The van der Waals surface area contributed by atoms with Gasteiger partial charge in [0.1, 0.15) is 17.3 Å². The van der Waals surface area contributed by atoms with Gasteiger partial charge >= 0.3 is 0 Å². The van der Waals surface area contributed by atoms with Gasteiger partial charge in [0, 0.05) is 11.1 Å². The third kappa shape index (κ3) is 3.41. The number of methoxy groups -OCH3 is 1. The first-order valence-corrected chi connectivity index (χ1v) is 9.22. The van der Waals surface area contributed by atoms with Crippen molar-refractivity contribution in [3.05, 3.63) is 94.2 Å². The van der Waals surface area contributed by atoms with Crippen LogP contribution in [0.5, 0.6) is 5.75 Å². The van der Waals surface area contributed by atoms with Crippen LogP contribution in [0.2, 0.25) is 0 Å². The van der Waals surface area contributed by atoms with Crippen molar-refractivity contribution in [2.75, 3.05) is 12.4 Å². The number of hydrogen-bond donors (Lipinski definition) is 1. The van der Waals surface area contributed by atoms with Crippen molar-refractivity contribution in [3.8, 4) is 11.4 Å². The lowest BCUT2D eigenvalue weighted by Crippen LogP contribution is -2.26. The lowest BCUT2D eigenvalue weighted by atomic mass is 10.1. The first-order valence-electron chi connectivity index (χ1n) is 9.22. The first kappa shape index (κ1) is 19.3. The average Bonchev–Trinajstić information content (AvgIpc) is 2.76. The second-order valence-corrected chi connectivity index (χ2v) is 6.70. The van der Waals surface area contributed by atoms with Crippen LogP contribution in [-0.4, -0.2) is 22.8 Å². The van der Waals surface area contributed by atoms with Crippen LogP contribution in [0, 0.1) is 12.7 Å². The molecule has 0 fully saturated rings. The van der Waals surface area contributed by atoms with Crippen LogP contribution < -0.4 is 15.6 Å². The number of fused-ring (bicyclic) bond motifs is 1. The molecule has 7 heteroatoms. The van der Waals surface area contributed by atoms with E-state index in [9.17, 15) is 14.0 Å². The van der Waals surface area contributed by atoms with Crippen molar-refractivity contribution >= 4 is 22.4 Å². The topological polar surface area (TPSA) is 73.2 Å². The number of carbonyl (C=O) groups excluding carboxylic acids is 1. The minimum atomic E-state index is -0.557. The first-order chi connectivity index (χ1) is 14.5. The number of hydrogen-bond acceptors (Lipinski definition) is 4. The molecule has 1 amide bonds. The van der Waals surface area contributed by atoms with E-state index in [0.717, 1.165) is 4.68 Å². The summed E-state index contributed by atoms with van der Waals surface area (Å²) < 4.78 is 20.4. The summed E-state index contributed by atoms with van der Waals surface area (Å²) in [5.74, 6) is -0.544. The molecule has 4 rings (SSSR count). The lowest BCUT2D eigenvalue weighted by Gasteiger charge is -2.13. The molecule has 1 N–H and O–H groups in total. The molecule has 150 valence electrons. The Morgan fingerprint density at radius 1 is 1.03 bits per heavy atom. The van der Waals surface area contributed by atoms with Crippen LogP contribution >= 0.6 is 0 Å². The highest BCUT2D eigenvalue weighted by Crippen LogP contribution is 2.23. The molecular formula is C23H18FN3O3. The van der Waals surface area contributed by atoms with Gasteiger partial charge in [0.05, 0.1) is 12.5 Å². The summed E-state index contributed by atoms with van der Waals surface area (Å²) in [5, 5.41) is 7.72. The molecule has 0 aliphatic heterocycles. The number of halogens is 1. The molecule has 6 nitrogen and oxygen atoms in total. The number of carbonyl (C=O) groups is 1. The number of ether oxygens (including phenoxy) is 1. The zero-order chi connectivity index (χ0) is 21.3. The molecule has 0 unspecified atom stereocenters. The van der Waals surface area contributed by atoms with Crippen LogP contribution in [0.25, 0.3) is 16.5 Å². The summed E-state index contributed by atoms with van der Waals surface area (Å²) in [6, 6.07) is 18.0. The maximum Gasteiger partial charge on any atom is 0.279 e. The van der Waals surface area contributed by atoms with Gasteiger partial charge in [-0.1, -0.05) is 36.4 Å². The van der Waals surface area contributed by atoms with E-state index in [2.05, 4.69) is 10.4 Å². The molecule has 0 aliphatic rings. The van der Waals surface area contributed by atoms with Gasteiger partial charge in [-0.15, -0.1) is 0 Å². The zero-order valence-corrected chi connectivity index (χ0v) is 16.3. The third-order valence-electron chi connectivity index (χ3n) is 4.76. The van der Waals surface area contributed by atoms with E-state index in [0.29, 0.717) is 33.5 Å². The van der Waals surface area contributed by atoms with Crippen molar-refractivity contribution < 1.29 is 13.9 Å². The Labute approximate surface area is 171 Å². The second kappa shape index (κ2) is 7.79. The monoisotopic (exact) mass is 403 g/mol. The van der Waals surface area contributed by atoms with Gasteiger partial charge in [-0.3, -0.25) is 9.59 Å². The Bertz CT molecular complexity index is 1330. The fourth-order valence-corrected chi connectivity index (χ4v) is 3.19. The standard InChI is InChI=1S/C23H18FN3O3/c1-14-11-12-15(13-18(14)24)25-22(28)21-16-7-3-4-8-17(16)23(29)27(26-21)19-9-5-6-10-20(19)30-2/h3-13H,1-2H3,(H,25,28). The van der Waals surface area contributed by atoms with Crippen LogP contribution in [-0.2, 0) is 0 Å². The molecule has 0 bridgehead atoms. The molecule has 1 heterocycles. The number of anilines is 1. The minimum Gasteiger partial charge on any atom is -0.494 e. The number of aryl methyl sites for hydroxylation is 1. The van der Waals surface area contributed by atoms with Crippen molar-refractivity contribution in [2.45, 2.75) is 6.92 Å². The van der Waals surface area contributed by atoms with Crippen molar-refractivity contribution in [1.29, 1.82) is 0 Å². The van der Waals surface area contributed by atoms with E-state index < -0.39 is 11.7 Å². The molecule has 30 heavy (non-hydrogen) atoms. The summed E-state index contributed by atoms with van der Waals surface area (Å²) in [4.78, 5) is 26.1.